The van der Waals surface area contributed by atoms with Gasteiger partial charge in [0.05, 0.1) is 14.2 Å². The number of thiophene rings is 1. The smallest absolute Gasteiger partial charge is 0.251 e. The number of rotatable bonds is 3. The van der Waals surface area contributed by atoms with Gasteiger partial charge < -0.3 is 9.47 Å². The summed E-state index contributed by atoms with van der Waals surface area (Å²) in [6.45, 7) is 0. The van der Waals surface area contributed by atoms with E-state index in [-0.39, 0.29) is 9.96 Å². The highest BCUT2D eigenvalue weighted by Crippen LogP contribution is 2.47. The molecule has 1 aromatic heterocycles. The zero-order valence-corrected chi connectivity index (χ0v) is 10.6. The van der Waals surface area contributed by atoms with Crippen molar-refractivity contribution in [3.05, 3.63) is 3.79 Å². The first-order chi connectivity index (χ1) is 6.41. The number of primary sulfonamides is 1. The van der Waals surface area contributed by atoms with Gasteiger partial charge in [-0.2, -0.15) is 0 Å². The molecule has 0 unspecified atom stereocenters. The van der Waals surface area contributed by atoms with E-state index in [9.17, 15) is 8.42 Å². The van der Waals surface area contributed by atoms with E-state index in [1.165, 1.54) is 14.2 Å². The quantitative estimate of drug-likeness (QED) is 0.909. The van der Waals surface area contributed by atoms with Gasteiger partial charge in [0.2, 0.25) is 0 Å². The summed E-state index contributed by atoms with van der Waals surface area (Å²) in [6.07, 6.45) is 0. The predicted octanol–water partition coefficient (Wildman–Crippen LogP) is 1.18. The van der Waals surface area contributed by atoms with Crippen LogP contribution in [-0.4, -0.2) is 22.6 Å². The van der Waals surface area contributed by atoms with Gasteiger partial charge in [-0.1, -0.05) is 0 Å². The normalized spacial score (nSPS) is 11.4. The predicted molar refractivity (Wildman–Crippen MR) is 56.5 cm³/mol. The molecule has 8 heteroatoms. The van der Waals surface area contributed by atoms with Crippen molar-refractivity contribution in [2.75, 3.05) is 14.2 Å². The lowest BCUT2D eigenvalue weighted by atomic mass is 10.5. The largest absolute Gasteiger partial charge is 0.491 e. The van der Waals surface area contributed by atoms with Crippen LogP contribution in [-0.2, 0) is 10.0 Å². The first kappa shape index (κ1) is 11.8. The second-order valence-electron chi connectivity index (χ2n) is 2.27. The molecule has 14 heavy (non-hydrogen) atoms. The molecule has 1 rings (SSSR count). The number of hydrogen-bond donors (Lipinski definition) is 1. The Labute approximate surface area is 94.0 Å². The molecular weight excluding hydrogens is 294 g/mol. The molecule has 0 fully saturated rings. The van der Waals surface area contributed by atoms with Crippen LogP contribution in [0.25, 0.3) is 0 Å². The summed E-state index contributed by atoms with van der Waals surface area (Å²) >= 11 is 4.11. The van der Waals surface area contributed by atoms with Gasteiger partial charge in [-0.25, -0.2) is 13.6 Å². The van der Waals surface area contributed by atoms with Gasteiger partial charge in [-0.3, -0.25) is 0 Å². The minimum absolute atomic E-state index is 0.0521. The molecular formula is C6H8BrNO4S2. The minimum atomic E-state index is -3.77. The second kappa shape index (κ2) is 4.05. The maximum atomic E-state index is 11.1. The van der Waals surface area contributed by atoms with Gasteiger partial charge in [0.25, 0.3) is 10.0 Å². The van der Waals surface area contributed by atoms with Crippen LogP contribution < -0.4 is 14.6 Å². The van der Waals surface area contributed by atoms with Crippen LogP contribution in [0.5, 0.6) is 11.5 Å². The van der Waals surface area contributed by atoms with Gasteiger partial charge in [0, 0.05) is 0 Å². The maximum Gasteiger partial charge on any atom is 0.251 e. The number of ether oxygens (including phenoxy) is 2. The first-order valence-electron chi connectivity index (χ1n) is 3.35. The van der Waals surface area contributed by atoms with Gasteiger partial charge in [-0.05, 0) is 15.9 Å². The van der Waals surface area contributed by atoms with Crippen LogP contribution in [0.1, 0.15) is 0 Å². The Bertz CT molecular complexity index is 439. The first-order valence-corrected chi connectivity index (χ1v) is 6.50. The number of halogens is 1. The zero-order chi connectivity index (χ0) is 10.9. The molecule has 0 radical (unpaired) electrons. The van der Waals surface area contributed by atoms with Crippen molar-refractivity contribution in [3.63, 3.8) is 0 Å². The highest BCUT2D eigenvalue weighted by Gasteiger charge is 2.25. The SMILES string of the molecule is COc1c(Br)sc(S(N)(=O)=O)c1OC. The van der Waals surface area contributed by atoms with Gasteiger partial charge >= 0.3 is 0 Å². The molecule has 80 valence electrons. The summed E-state index contributed by atoms with van der Waals surface area (Å²) in [7, 11) is -1.00. The fourth-order valence-corrected chi connectivity index (χ4v) is 3.89. The third-order valence-electron chi connectivity index (χ3n) is 1.42. The third kappa shape index (κ3) is 2.02. The van der Waals surface area contributed by atoms with E-state index < -0.39 is 10.0 Å². The zero-order valence-electron chi connectivity index (χ0n) is 7.40. The van der Waals surface area contributed by atoms with E-state index in [4.69, 9.17) is 14.6 Å². The van der Waals surface area contributed by atoms with E-state index in [0.717, 1.165) is 11.3 Å². The van der Waals surface area contributed by atoms with Crippen LogP contribution in [0.3, 0.4) is 0 Å². The Morgan fingerprint density at radius 1 is 1.29 bits per heavy atom. The molecule has 0 aliphatic carbocycles. The molecule has 0 saturated heterocycles. The fraction of sp³-hybridized carbons (Fsp3) is 0.333. The van der Waals surface area contributed by atoms with Gasteiger partial charge in [0.15, 0.2) is 15.7 Å². The van der Waals surface area contributed by atoms with Crippen LogP contribution in [0.2, 0.25) is 0 Å². The van der Waals surface area contributed by atoms with Crippen molar-refractivity contribution in [2.45, 2.75) is 4.21 Å². The van der Waals surface area contributed by atoms with Crippen molar-refractivity contribution < 1.29 is 17.9 Å². The lowest BCUT2D eigenvalue weighted by molar-refractivity contribution is 0.350. The minimum Gasteiger partial charge on any atom is -0.491 e. The summed E-state index contributed by atoms with van der Waals surface area (Å²) < 4.78 is 32.6. The molecule has 0 saturated carbocycles. The second-order valence-corrected chi connectivity index (χ2v) is 6.37. The highest BCUT2D eigenvalue weighted by atomic mass is 79.9. The summed E-state index contributed by atoms with van der Waals surface area (Å²) in [5.74, 6) is 0.466. The van der Waals surface area contributed by atoms with Crippen LogP contribution in [0.15, 0.2) is 8.00 Å². The van der Waals surface area contributed by atoms with E-state index in [1.807, 2.05) is 0 Å². The van der Waals surface area contributed by atoms with Crippen LogP contribution >= 0.6 is 27.3 Å². The van der Waals surface area contributed by atoms with Crippen molar-refractivity contribution in [3.8, 4) is 11.5 Å². The number of sulfonamides is 1. The monoisotopic (exact) mass is 301 g/mol. The summed E-state index contributed by atoms with van der Waals surface area (Å²) in [6, 6.07) is 0. The summed E-state index contributed by atoms with van der Waals surface area (Å²) in [4.78, 5) is 0. The van der Waals surface area contributed by atoms with E-state index in [1.54, 1.807) is 0 Å². The summed E-state index contributed by atoms with van der Waals surface area (Å²) in [5, 5.41) is 5.00. The molecule has 1 aromatic rings. The number of methoxy groups -OCH3 is 2. The number of nitrogens with two attached hydrogens (primary N) is 1. The molecule has 2 N–H and O–H groups in total. The Morgan fingerprint density at radius 2 is 1.79 bits per heavy atom. The van der Waals surface area contributed by atoms with Gasteiger partial charge in [-0.15, -0.1) is 11.3 Å². The van der Waals surface area contributed by atoms with Crippen molar-refractivity contribution in [1.82, 2.24) is 0 Å². The number of hydrogen-bond acceptors (Lipinski definition) is 5. The molecule has 0 spiro atoms. The Hall–Kier alpha value is -0.310. The Kier molecular flexibility index (Phi) is 3.40. The molecule has 0 aromatic carbocycles. The van der Waals surface area contributed by atoms with E-state index >= 15 is 0 Å². The topological polar surface area (TPSA) is 78.6 Å². The molecule has 5 nitrogen and oxygen atoms in total. The average Bonchev–Trinajstić information content (AvgIpc) is 2.40. The molecule has 0 bridgehead atoms. The fourth-order valence-electron chi connectivity index (χ4n) is 0.892. The third-order valence-corrected chi connectivity index (χ3v) is 4.65. The molecule has 1 heterocycles. The van der Waals surface area contributed by atoms with E-state index in [2.05, 4.69) is 15.9 Å². The molecule has 0 amide bonds. The van der Waals surface area contributed by atoms with Crippen molar-refractivity contribution in [2.24, 2.45) is 5.14 Å². The van der Waals surface area contributed by atoms with Crippen molar-refractivity contribution >= 4 is 37.3 Å². The van der Waals surface area contributed by atoms with Crippen LogP contribution in [0.4, 0.5) is 0 Å². The standard InChI is InChI=1S/C6H8BrNO4S2/c1-11-3-4(12-2)6(13-5(3)7)14(8,9)10/h1-2H3,(H2,8,9,10). The maximum absolute atomic E-state index is 11.1. The lowest BCUT2D eigenvalue weighted by Crippen LogP contribution is -2.11. The Balaban J connectivity index is 3.47. The molecule has 0 aliphatic rings. The van der Waals surface area contributed by atoms with Gasteiger partial charge in [0.1, 0.15) is 3.79 Å². The lowest BCUT2D eigenvalue weighted by Gasteiger charge is -2.03. The van der Waals surface area contributed by atoms with E-state index in [0.29, 0.717) is 9.54 Å². The van der Waals surface area contributed by atoms with Crippen LogP contribution in [0, 0.1) is 0 Å². The average molecular weight is 302 g/mol. The summed E-state index contributed by atoms with van der Waals surface area (Å²) in [5.41, 5.74) is 0. The molecule has 0 aliphatic heterocycles. The molecule has 0 atom stereocenters. The van der Waals surface area contributed by atoms with Crippen molar-refractivity contribution in [1.29, 1.82) is 0 Å². The Morgan fingerprint density at radius 3 is 2.14 bits per heavy atom. The highest BCUT2D eigenvalue weighted by molar-refractivity contribution is 9.11.